The average molecular weight is 223 g/mol. The number of carbonyl (C=O) groups excluding carboxylic acids is 1. The molecule has 0 aromatic carbocycles. The largest absolute Gasteiger partial charge is 0.461 e. The summed E-state index contributed by atoms with van der Waals surface area (Å²) >= 11 is 0. The Hall–Kier alpha value is -1.36. The molecule has 0 amide bonds. The number of nitrogens with zero attached hydrogens (tertiary/aromatic N) is 3. The van der Waals surface area contributed by atoms with E-state index in [1.807, 2.05) is 4.57 Å². The molecule has 1 aromatic rings. The predicted octanol–water partition coefficient (Wildman–Crippen LogP) is 1.07. The molecule has 1 aromatic heterocycles. The molecule has 0 spiro atoms. The maximum absolute atomic E-state index is 11.5. The standard InChI is InChI=1S/C11H17N3O2/c1-4-16-11(15)9-7-14-6-5-13(3)8(2)10(14)12-9/h7-8H,4-6H2,1-3H3. The van der Waals surface area contributed by atoms with Gasteiger partial charge in [0.2, 0.25) is 0 Å². The summed E-state index contributed by atoms with van der Waals surface area (Å²) in [5.41, 5.74) is 0.416. The lowest BCUT2D eigenvalue weighted by atomic mass is 10.2. The lowest BCUT2D eigenvalue weighted by Crippen LogP contribution is -2.33. The summed E-state index contributed by atoms with van der Waals surface area (Å²) in [7, 11) is 2.06. The number of esters is 1. The second kappa shape index (κ2) is 4.25. The topological polar surface area (TPSA) is 47.4 Å². The van der Waals surface area contributed by atoms with E-state index >= 15 is 0 Å². The second-order valence-electron chi connectivity index (χ2n) is 4.05. The fourth-order valence-electron chi connectivity index (χ4n) is 1.90. The first-order valence-corrected chi connectivity index (χ1v) is 5.58. The van der Waals surface area contributed by atoms with E-state index < -0.39 is 0 Å². The average Bonchev–Trinajstić information content (AvgIpc) is 2.69. The van der Waals surface area contributed by atoms with Gasteiger partial charge in [0, 0.05) is 19.3 Å². The van der Waals surface area contributed by atoms with Crippen molar-refractivity contribution in [3.63, 3.8) is 0 Å². The van der Waals surface area contributed by atoms with E-state index in [1.165, 1.54) is 0 Å². The summed E-state index contributed by atoms with van der Waals surface area (Å²) in [5.74, 6) is 0.607. The third-order valence-corrected chi connectivity index (χ3v) is 3.02. The molecule has 0 saturated heterocycles. The Bertz CT molecular complexity index is 400. The van der Waals surface area contributed by atoms with Crippen molar-refractivity contribution >= 4 is 5.97 Å². The van der Waals surface area contributed by atoms with Crippen molar-refractivity contribution in [2.45, 2.75) is 26.4 Å². The molecule has 16 heavy (non-hydrogen) atoms. The van der Waals surface area contributed by atoms with Gasteiger partial charge in [-0.25, -0.2) is 9.78 Å². The first-order valence-electron chi connectivity index (χ1n) is 5.58. The number of rotatable bonds is 2. The molecule has 5 heteroatoms. The second-order valence-corrected chi connectivity index (χ2v) is 4.05. The number of imidazole rings is 1. The van der Waals surface area contributed by atoms with E-state index in [9.17, 15) is 4.79 Å². The summed E-state index contributed by atoms with van der Waals surface area (Å²) in [5, 5.41) is 0. The highest BCUT2D eigenvalue weighted by molar-refractivity contribution is 5.87. The van der Waals surface area contributed by atoms with Gasteiger partial charge in [-0.3, -0.25) is 4.90 Å². The van der Waals surface area contributed by atoms with Crippen molar-refractivity contribution in [2.75, 3.05) is 20.2 Å². The van der Waals surface area contributed by atoms with Crippen LogP contribution >= 0.6 is 0 Å². The zero-order valence-corrected chi connectivity index (χ0v) is 9.93. The molecule has 1 aliphatic heterocycles. The molecule has 1 unspecified atom stereocenters. The molecule has 2 heterocycles. The highest BCUT2D eigenvalue weighted by Crippen LogP contribution is 2.22. The Kier molecular flexibility index (Phi) is 2.96. The number of aromatic nitrogens is 2. The van der Waals surface area contributed by atoms with E-state index in [-0.39, 0.29) is 12.0 Å². The van der Waals surface area contributed by atoms with Gasteiger partial charge < -0.3 is 9.30 Å². The first-order chi connectivity index (χ1) is 7.63. The van der Waals surface area contributed by atoms with Crippen LogP contribution in [0.3, 0.4) is 0 Å². The van der Waals surface area contributed by atoms with Crippen LogP contribution < -0.4 is 0 Å². The monoisotopic (exact) mass is 223 g/mol. The fourth-order valence-corrected chi connectivity index (χ4v) is 1.90. The lowest BCUT2D eigenvalue weighted by molar-refractivity contribution is 0.0519. The summed E-state index contributed by atoms with van der Waals surface area (Å²) in [4.78, 5) is 18.1. The van der Waals surface area contributed by atoms with Crippen LogP contribution in [0.5, 0.6) is 0 Å². The number of fused-ring (bicyclic) bond motifs is 1. The Morgan fingerprint density at radius 1 is 1.62 bits per heavy atom. The van der Waals surface area contributed by atoms with Gasteiger partial charge in [0.25, 0.3) is 0 Å². The third-order valence-electron chi connectivity index (χ3n) is 3.02. The van der Waals surface area contributed by atoms with Crippen LogP contribution in [-0.2, 0) is 11.3 Å². The SMILES string of the molecule is CCOC(=O)c1cn2c(n1)C(C)N(C)CC2. The number of carbonyl (C=O) groups is 1. The number of likely N-dealkylation sites (N-methyl/N-ethyl adjacent to an activating group) is 1. The minimum absolute atomic E-state index is 0.247. The van der Waals surface area contributed by atoms with E-state index in [2.05, 4.69) is 23.9 Å². The summed E-state index contributed by atoms with van der Waals surface area (Å²) in [6.07, 6.45) is 1.79. The van der Waals surface area contributed by atoms with Crippen LogP contribution in [0.15, 0.2) is 6.20 Å². The van der Waals surface area contributed by atoms with Crippen molar-refractivity contribution in [3.8, 4) is 0 Å². The fraction of sp³-hybridized carbons (Fsp3) is 0.636. The van der Waals surface area contributed by atoms with Crippen LogP contribution in [0.1, 0.15) is 36.2 Å². The Labute approximate surface area is 95.0 Å². The Morgan fingerprint density at radius 2 is 2.38 bits per heavy atom. The summed E-state index contributed by atoms with van der Waals surface area (Å²) in [6, 6.07) is 0.247. The first kappa shape index (κ1) is 11.1. The Morgan fingerprint density at radius 3 is 3.06 bits per heavy atom. The molecule has 0 N–H and O–H groups in total. The minimum atomic E-state index is -0.334. The zero-order chi connectivity index (χ0) is 11.7. The smallest absolute Gasteiger partial charge is 0.358 e. The van der Waals surface area contributed by atoms with Crippen molar-refractivity contribution in [3.05, 3.63) is 17.7 Å². The van der Waals surface area contributed by atoms with Crippen LogP contribution in [0.2, 0.25) is 0 Å². The highest BCUT2D eigenvalue weighted by atomic mass is 16.5. The van der Waals surface area contributed by atoms with Gasteiger partial charge in [0.15, 0.2) is 5.69 Å². The maximum Gasteiger partial charge on any atom is 0.358 e. The molecule has 5 nitrogen and oxygen atoms in total. The van der Waals surface area contributed by atoms with Gasteiger partial charge in [-0.05, 0) is 20.9 Å². The van der Waals surface area contributed by atoms with Gasteiger partial charge in [-0.1, -0.05) is 0 Å². The zero-order valence-electron chi connectivity index (χ0n) is 9.93. The molecule has 2 rings (SSSR count). The quantitative estimate of drug-likeness (QED) is 0.703. The highest BCUT2D eigenvalue weighted by Gasteiger charge is 2.25. The number of ether oxygens (including phenoxy) is 1. The van der Waals surface area contributed by atoms with Crippen LogP contribution in [0.4, 0.5) is 0 Å². The van der Waals surface area contributed by atoms with Gasteiger partial charge in [0.05, 0.1) is 12.6 Å². The minimum Gasteiger partial charge on any atom is -0.461 e. The normalized spacial score (nSPS) is 20.6. The van der Waals surface area contributed by atoms with Gasteiger partial charge in [0.1, 0.15) is 5.82 Å². The molecule has 88 valence electrons. The molecule has 0 bridgehead atoms. The van der Waals surface area contributed by atoms with E-state index in [0.29, 0.717) is 12.3 Å². The van der Waals surface area contributed by atoms with E-state index in [0.717, 1.165) is 18.9 Å². The van der Waals surface area contributed by atoms with Crippen molar-refractivity contribution in [2.24, 2.45) is 0 Å². The van der Waals surface area contributed by atoms with E-state index in [4.69, 9.17) is 4.74 Å². The molecule has 0 saturated carbocycles. The Balaban J connectivity index is 2.26. The van der Waals surface area contributed by atoms with Crippen molar-refractivity contribution in [1.82, 2.24) is 14.5 Å². The van der Waals surface area contributed by atoms with Gasteiger partial charge in [-0.15, -0.1) is 0 Å². The number of hydrogen-bond acceptors (Lipinski definition) is 4. The molecular formula is C11H17N3O2. The summed E-state index contributed by atoms with van der Waals surface area (Å²) < 4.78 is 6.98. The molecule has 0 radical (unpaired) electrons. The molecule has 1 aliphatic rings. The molecule has 1 atom stereocenters. The van der Waals surface area contributed by atoms with Crippen molar-refractivity contribution < 1.29 is 9.53 Å². The van der Waals surface area contributed by atoms with Crippen LogP contribution in [0.25, 0.3) is 0 Å². The molecule has 0 aliphatic carbocycles. The van der Waals surface area contributed by atoms with Gasteiger partial charge in [-0.2, -0.15) is 0 Å². The van der Waals surface area contributed by atoms with Crippen LogP contribution in [-0.4, -0.2) is 40.6 Å². The third kappa shape index (κ3) is 1.82. The lowest BCUT2D eigenvalue weighted by Gasteiger charge is -2.29. The summed E-state index contributed by atoms with van der Waals surface area (Å²) in [6.45, 7) is 6.13. The van der Waals surface area contributed by atoms with Crippen molar-refractivity contribution in [1.29, 1.82) is 0 Å². The van der Waals surface area contributed by atoms with E-state index in [1.54, 1.807) is 13.1 Å². The predicted molar refractivity (Wildman–Crippen MR) is 59.2 cm³/mol. The van der Waals surface area contributed by atoms with Gasteiger partial charge >= 0.3 is 5.97 Å². The molecule has 0 fully saturated rings. The maximum atomic E-state index is 11.5. The van der Waals surface area contributed by atoms with Crippen LogP contribution in [0, 0.1) is 0 Å². The molecular weight excluding hydrogens is 206 g/mol. The number of hydrogen-bond donors (Lipinski definition) is 0.